The number of aryl methyl sites for hydroxylation is 1. The van der Waals surface area contributed by atoms with Gasteiger partial charge in [-0.15, -0.1) is 0 Å². The molecule has 0 spiro atoms. The molecule has 26 heavy (non-hydrogen) atoms. The zero-order chi connectivity index (χ0) is 18.1. The number of fused-ring (bicyclic) bond motifs is 2. The minimum absolute atomic E-state index is 0.173. The van der Waals surface area contributed by atoms with Gasteiger partial charge < -0.3 is 14.8 Å². The highest BCUT2D eigenvalue weighted by atomic mass is 16.5. The molecule has 1 aliphatic rings. The maximum Gasteiger partial charge on any atom is 0.256 e. The third-order valence-electron chi connectivity index (χ3n) is 4.53. The summed E-state index contributed by atoms with van der Waals surface area (Å²) in [6.07, 6.45) is 5.96. The molecule has 1 N–H and O–H groups in total. The Morgan fingerprint density at radius 1 is 1.42 bits per heavy atom. The minimum atomic E-state index is -0.173. The molecule has 1 atom stereocenters. The Bertz CT molecular complexity index is 967. The number of amides is 1. The van der Waals surface area contributed by atoms with Gasteiger partial charge in [-0.05, 0) is 30.5 Å². The largest absolute Gasteiger partial charge is 0.493 e. The molecule has 0 bridgehead atoms. The van der Waals surface area contributed by atoms with Gasteiger partial charge in [-0.2, -0.15) is 5.10 Å². The number of ether oxygens (including phenoxy) is 2. The van der Waals surface area contributed by atoms with Crippen molar-refractivity contribution in [1.29, 1.82) is 0 Å². The van der Waals surface area contributed by atoms with E-state index in [2.05, 4.69) is 15.4 Å². The Morgan fingerprint density at radius 2 is 2.31 bits per heavy atom. The average Bonchev–Trinajstić information content (AvgIpc) is 3.08. The predicted molar refractivity (Wildman–Crippen MR) is 95.7 cm³/mol. The number of carbonyl (C=O) groups excluding carboxylic acids is 1. The molecule has 1 aromatic carbocycles. The zero-order valence-electron chi connectivity index (χ0n) is 14.7. The predicted octanol–water partition coefficient (Wildman–Crippen LogP) is 2.03. The molecule has 1 unspecified atom stereocenters. The van der Waals surface area contributed by atoms with Crippen LogP contribution in [0.5, 0.6) is 11.5 Å². The van der Waals surface area contributed by atoms with Crippen LogP contribution in [0.2, 0.25) is 0 Å². The number of carbonyl (C=O) groups is 1. The second-order valence-corrected chi connectivity index (χ2v) is 6.50. The quantitative estimate of drug-likeness (QED) is 0.777. The molecule has 0 saturated carbocycles. The van der Waals surface area contributed by atoms with Gasteiger partial charge >= 0.3 is 0 Å². The lowest BCUT2D eigenvalue weighted by atomic mass is 9.96. The number of benzene rings is 1. The summed E-state index contributed by atoms with van der Waals surface area (Å²) in [4.78, 5) is 16.8. The lowest BCUT2D eigenvalue weighted by Crippen LogP contribution is -2.34. The molecule has 7 nitrogen and oxygen atoms in total. The zero-order valence-corrected chi connectivity index (χ0v) is 14.7. The van der Waals surface area contributed by atoms with E-state index in [9.17, 15) is 4.79 Å². The maximum atomic E-state index is 12.5. The summed E-state index contributed by atoms with van der Waals surface area (Å²) in [7, 11) is 1.64. The molecule has 1 aliphatic heterocycles. The summed E-state index contributed by atoms with van der Waals surface area (Å²) in [6.45, 7) is 3.00. The van der Waals surface area contributed by atoms with E-state index in [1.54, 1.807) is 24.0 Å². The van der Waals surface area contributed by atoms with Crippen LogP contribution in [0.4, 0.5) is 0 Å². The number of methoxy groups -OCH3 is 1. The van der Waals surface area contributed by atoms with Crippen molar-refractivity contribution in [2.24, 2.45) is 5.92 Å². The number of aromatic nitrogens is 3. The molecule has 1 amide bonds. The second-order valence-electron chi connectivity index (χ2n) is 6.50. The molecule has 0 aliphatic carbocycles. The monoisotopic (exact) mass is 352 g/mol. The van der Waals surface area contributed by atoms with Crippen LogP contribution in [0.25, 0.3) is 5.65 Å². The fraction of sp³-hybridized carbons (Fsp3) is 0.316. The molecular weight excluding hydrogens is 332 g/mol. The molecule has 7 heteroatoms. The number of hydrogen-bond acceptors (Lipinski definition) is 5. The van der Waals surface area contributed by atoms with Crippen molar-refractivity contribution in [3.63, 3.8) is 0 Å². The van der Waals surface area contributed by atoms with Gasteiger partial charge in [-0.1, -0.05) is 12.1 Å². The van der Waals surface area contributed by atoms with Crippen LogP contribution in [0, 0.1) is 12.8 Å². The second kappa shape index (κ2) is 6.67. The summed E-state index contributed by atoms with van der Waals surface area (Å²) in [5, 5.41) is 7.18. The van der Waals surface area contributed by atoms with E-state index >= 15 is 0 Å². The van der Waals surface area contributed by atoms with Crippen LogP contribution in [-0.4, -0.2) is 40.8 Å². The maximum absolute atomic E-state index is 12.5. The van der Waals surface area contributed by atoms with Gasteiger partial charge in [0.25, 0.3) is 5.91 Å². The van der Waals surface area contributed by atoms with E-state index in [0.29, 0.717) is 24.4 Å². The van der Waals surface area contributed by atoms with Gasteiger partial charge in [-0.3, -0.25) is 4.79 Å². The standard InChI is InChI=1S/C19H20N4O3/c1-12-7-20-18-15(9-22-23(18)10-12)19(24)21-8-13-6-14-4-3-5-16(25-2)17(14)26-11-13/h3-5,7,9-10,13H,6,8,11H2,1-2H3,(H,21,24). The van der Waals surface area contributed by atoms with E-state index in [-0.39, 0.29) is 11.8 Å². The van der Waals surface area contributed by atoms with Gasteiger partial charge in [-0.25, -0.2) is 9.50 Å². The highest BCUT2D eigenvalue weighted by Crippen LogP contribution is 2.35. The summed E-state index contributed by atoms with van der Waals surface area (Å²) in [6, 6.07) is 5.87. The first kappa shape index (κ1) is 16.4. The molecule has 2 aromatic heterocycles. The highest BCUT2D eigenvalue weighted by Gasteiger charge is 2.23. The topological polar surface area (TPSA) is 77.8 Å². The smallest absolute Gasteiger partial charge is 0.256 e. The van der Waals surface area contributed by atoms with Crippen molar-refractivity contribution >= 4 is 11.6 Å². The number of rotatable bonds is 4. The Hall–Kier alpha value is -3.09. The fourth-order valence-corrected chi connectivity index (χ4v) is 3.21. The van der Waals surface area contributed by atoms with Gasteiger partial charge in [0, 0.05) is 24.9 Å². The summed E-state index contributed by atoms with van der Waals surface area (Å²) < 4.78 is 12.8. The van der Waals surface area contributed by atoms with Gasteiger partial charge in [0.1, 0.15) is 5.56 Å². The molecule has 134 valence electrons. The van der Waals surface area contributed by atoms with Crippen LogP contribution in [0.3, 0.4) is 0 Å². The first-order chi connectivity index (χ1) is 12.7. The normalized spacial score (nSPS) is 16.0. The van der Waals surface area contributed by atoms with Gasteiger partial charge in [0.05, 0.1) is 19.9 Å². The molecule has 0 fully saturated rings. The number of nitrogens with zero attached hydrogens (tertiary/aromatic N) is 3. The van der Waals surface area contributed by atoms with Crippen LogP contribution in [0.15, 0.2) is 36.8 Å². The number of hydrogen-bond donors (Lipinski definition) is 1. The molecule has 3 aromatic rings. The van der Waals surface area contributed by atoms with Crippen LogP contribution >= 0.6 is 0 Å². The van der Waals surface area contributed by atoms with Crippen molar-refractivity contribution in [1.82, 2.24) is 19.9 Å². The van der Waals surface area contributed by atoms with Crippen molar-refractivity contribution in [2.75, 3.05) is 20.3 Å². The van der Waals surface area contributed by atoms with Crippen molar-refractivity contribution in [2.45, 2.75) is 13.3 Å². The van der Waals surface area contributed by atoms with Gasteiger partial charge in [0.2, 0.25) is 0 Å². The van der Waals surface area contributed by atoms with Crippen molar-refractivity contribution in [3.8, 4) is 11.5 Å². The average molecular weight is 352 g/mol. The van der Waals surface area contributed by atoms with Crippen LogP contribution < -0.4 is 14.8 Å². The Balaban J connectivity index is 1.43. The number of para-hydroxylation sites is 1. The molecule has 0 saturated heterocycles. The van der Waals surface area contributed by atoms with E-state index in [1.165, 1.54) is 0 Å². The highest BCUT2D eigenvalue weighted by molar-refractivity contribution is 5.99. The van der Waals surface area contributed by atoms with Gasteiger partial charge in [0.15, 0.2) is 17.1 Å². The van der Waals surface area contributed by atoms with E-state index in [4.69, 9.17) is 9.47 Å². The molecular formula is C19H20N4O3. The molecule has 4 rings (SSSR count). The number of nitrogens with one attached hydrogen (secondary N) is 1. The van der Waals surface area contributed by atoms with Crippen LogP contribution in [0.1, 0.15) is 21.5 Å². The Morgan fingerprint density at radius 3 is 3.15 bits per heavy atom. The fourth-order valence-electron chi connectivity index (χ4n) is 3.21. The minimum Gasteiger partial charge on any atom is -0.493 e. The summed E-state index contributed by atoms with van der Waals surface area (Å²) >= 11 is 0. The first-order valence-electron chi connectivity index (χ1n) is 8.52. The van der Waals surface area contributed by atoms with E-state index in [1.807, 2.05) is 31.3 Å². The van der Waals surface area contributed by atoms with Crippen LogP contribution in [-0.2, 0) is 6.42 Å². The Kier molecular flexibility index (Phi) is 4.20. The SMILES string of the molecule is COc1cccc2c1OCC(CNC(=O)c1cnn3cc(C)cnc13)C2. The lowest BCUT2D eigenvalue weighted by molar-refractivity contribution is 0.0940. The van der Waals surface area contributed by atoms with Crippen molar-refractivity contribution < 1.29 is 14.3 Å². The van der Waals surface area contributed by atoms with E-state index in [0.717, 1.165) is 29.0 Å². The third kappa shape index (κ3) is 2.96. The Labute approximate surface area is 151 Å². The third-order valence-corrected chi connectivity index (χ3v) is 4.53. The molecule has 3 heterocycles. The first-order valence-corrected chi connectivity index (χ1v) is 8.52. The molecule has 0 radical (unpaired) electrons. The summed E-state index contributed by atoms with van der Waals surface area (Å²) in [5.41, 5.74) is 3.12. The van der Waals surface area contributed by atoms with Crippen molar-refractivity contribution in [3.05, 3.63) is 53.5 Å². The summed E-state index contributed by atoms with van der Waals surface area (Å²) in [5.74, 6) is 1.58. The lowest BCUT2D eigenvalue weighted by Gasteiger charge is -2.26. The van der Waals surface area contributed by atoms with E-state index < -0.39 is 0 Å².